The van der Waals surface area contributed by atoms with Crippen LogP contribution in [0.5, 0.6) is 11.5 Å². The Morgan fingerprint density at radius 3 is 2.32 bits per heavy atom. The van der Waals surface area contributed by atoms with Gasteiger partial charge in [-0.25, -0.2) is 4.79 Å². The number of nitro benzene ring substituents is 1. The SMILES string of the molecule is CCCCN(CCCC)c1cccc(CCc2ccc3c(c2)Nc2c(cc([N+](=O)[O-])cc2C(=O)O)O3)c1. The molecule has 37 heavy (non-hydrogen) atoms. The summed E-state index contributed by atoms with van der Waals surface area (Å²) in [6.07, 6.45) is 6.38. The van der Waals surface area contributed by atoms with Gasteiger partial charge in [-0.15, -0.1) is 0 Å². The first-order valence-corrected chi connectivity index (χ1v) is 12.9. The zero-order valence-electron chi connectivity index (χ0n) is 21.3. The molecule has 0 radical (unpaired) electrons. The largest absolute Gasteiger partial charge is 0.478 e. The van der Waals surface area contributed by atoms with Crippen LogP contribution in [0.3, 0.4) is 0 Å². The molecule has 0 unspecified atom stereocenters. The number of carboxylic acid groups (broad SMARTS) is 1. The number of carboxylic acids is 1. The number of non-ortho nitro benzene ring substituents is 1. The second kappa shape index (κ2) is 11.8. The number of benzene rings is 3. The number of unbranched alkanes of at least 4 members (excludes halogenated alkanes) is 2. The predicted molar refractivity (Wildman–Crippen MR) is 146 cm³/mol. The van der Waals surface area contributed by atoms with Crippen LogP contribution in [0.4, 0.5) is 22.7 Å². The number of aryl methyl sites for hydroxylation is 2. The maximum absolute atomic E-state index is 11.8. The summed E-state index contributed by atoms with van der Waals surface area (Å²) in [5, 5.41) is 23.9. The first kappa shape index (κ1) is 26.0. The molecule has 0 saturated carbocycles. The first-order chi connectivity index (χ1) is 17.9. The molecule has 8 heteroatoms. The number of anilines is 3. The molecule has 1 aliphatic rings. The molecular weight excluding hydrogens is 470 g/mol. The number of rotatable bonds is 12. The Bertz CT molecular complexity index is 1280. The second-order valence-electron chi connectivity index (χ2n) is 9.35. The molecule has 0 bridgehead atoms. The minimum atomic E-state index is -1.26. The summed E-state index contributed by atoms with van der Waals surface area (Å²) in [6.45, 7) is 6.58. The molecule has 0 atom stereocenters. The monoisotopic (exact) mass is 503 g/mol. The highest BCUT2D eigenvalue weighted by Gasteiger charge is 2.26. The molecule has 0 aliphatic carbocycles. The molecule has 0 spiro atoms. The number of hydrogen-bond donors (Lipinski definition) is 2. The third kappa shape index (κ3) is 6.20. The summed E-state index contributed by atoms with van der Waals surface area (Å²) in [7, 11) is 0. The van der Waals surface area contributed by atoms with Gasteiger partial charge in [0.1, 0.15) is 0 Å². The lowest BCUT2D eigenvalue weighted by molar-refractivity contribution is -0.384. The highest BCUT2D eigenvalue weighted by atomic mass is 16.6. The van der Waals surface area contributed by atoms with Gasteiger partial charge in [0.15, 0.2) is 11.5 Å². The molecule has 0 fully saturated rings. The van der Waals surface area contributed by atoms with Gasteiger partial charge in [0.25, 0.3) is 5.69 Å². The molecule has 4 rings (SSSR count). The molecule has 2 N–H and O–H groups in total. The Kier molecular flexibility index (Phi) is 8.28. The first-order valence-electron chi connectivity index (χ1n) is 12.9. The number of carbonyl (C=O) groups is 1. The third-order valence-corrected chi connectivity index (χ3v) is 6.59. The van der Waals surface area contributed by atoms with Crippen molar-refractivity contribution in [3.8, 4) is 11.5 Å². The Balaban J connectivity index is 1.49. The number of nitrogens with zero attached hydrogens (tertiary/aromatic N) is 2. The van der Waals surface area contributed by atoms with Crippen LogP contribution in [0.15, 0.2) is 54.6 Å². The van der Waals surface area contributed by atoms with Crippen LogP contribution in [0, 0.1) is 10.1 Å². The Hall–Kier alpha value is -4.07. The van der Waals surface area contributed by atoms with E-state index in [4.69, 9.17) is 4.74 Å². The molecule has 1 aliphatic heterocycles. The summed E-state index contributed by atoms with van der Waals surface area (Å²) in [5.74, 6) is -0.639. The normalized spacial score (nSPS) is 11.6. The van der Waals surface area contributed by atoms with Crippen molar-refractivity contribution in [3.63, 3.8) is 0 Å². The topological polar surface area (TPSA) is 105 Å². The number of nitro groups is 1. The molecule has 0 amide bonds. The Morgan fingerprint density at radius 2 is 1.68 bits per heavy atom. The van der Waals surface area contributed by atoms with Crippen LogP contribution >= 0.6 is 0 Å². The van der Waals surface area contributed by atoms with Gasteiger partial charge >= 0.3 is 5.97 Å². The number of ether oxygens (including phenoxy) is 1. The van der Waals surface area contributed by atoms with E-state index in [-0.39, 0.29) is 22.7 Å². The molecule has 3 aromatic carbocycles. The van der Waals surface area contributed by atoms with Crippen molar-refractivity contribution in [2.45, 2.75) is 52.4 Å². The van der Waals surface area contributed by atoms with E-state index in [9.17, 15) is 20.0 Å². The molecule has 194 valence electrons. The van der Waals surface area contributed by atoms with Gasteiger partial charge < -0.3 is 20.1 Å². The van der Waals surface area contributed by atoms with Gasteiger partial charge in [-0.1, -0.05) is 44.9 Å². The van der Waals surface area contributed by atoms with Crippen molar-refractivity contribution >= 4 is 28.7 Å². The number of fused-ring (bicyclic) bond motifs is 2. The van der Waals surface area contributed by atoms with Gasteiger partial charge in [0, 0.05) is 24.8 Å². The smallest absolute Gasteiger partial charge is 0.338 e. The molecule has 0 aromatic heterocycles. The average molecular weight is 504 g/mol. The maximum atomic E-state index is 11.8. The minimum Gasteiger partial charge on any atom is -0.478 e. The fourth-order valence-electron chi connectivity index (χ4n) is 4.52. The van der Waals surface area contributed by atoms with Crippen molar-refractivity contribution in [2.75, 3.05) is 23.3 Å². The van der Waals surface area contributed by atoms with Gasteiger partial charge in [-0.05, 0) is 61.1 Å². The van der Waals surface area contributed by atoms with Gasteiger partial charge in [0.05, 0.1) is 27.9 Å². The second-order valence-corrected chi connectivity index (χ2v) is 9.35. The predicted octanol–water partition coefficient (Wildman–Crippen LogP) is 7.33. The minimum absolute atomic E-state index is 0.124. The Labute approximate surface area is 217 Å². The van der Waals surface area contributed by atoms with Crippen LogP contribution in [0.25, 0.3) is 0 Å². The number of nitrogens with one attached hydrogen (secondary N) is 1. The Morgan fingerprint density at radius 1 is 0.973 bits per heavy atom. The van der Waals surface area contributed by atoms with E-state index in [1.165, 1.54) is 43.0 Å². The fraction of sp³-hybridized carbons (Fsp3) is 0.345. The molecule has 3 aromatic rings. The van der Waals surface area contributed by atoms with Crippen LogP contribution in [-0.4, -0.2) is 29.1 Å². The summed E-state index contributed by atoms with van der Waals surface area (Å²) in [5.41, 5.74) is 3.94. The van der Waals surface area contributed by atoms with Crippen LogP contribution < -0.4 is 15.0 Å². The molecular formula is C29H33N3O5. The lowest BCUT2D eigenvalue weighted by Gasteiger charge is -2.25. The summed E-state index contributed by atoms with van der Waals surface area (Å²) >= 11 is 0. The summed E-state index contributed by atoms with van der Waals surface area (Å²) in [4.78, 5) is 24.8. The van der Waals surface area contributed by atoms with Crippen LogP contribution in [-0.2, 0) is 12.8 Å². The highest BCUT2D eigenvalue weighted by Crippen LogP contribution is 2.45. The quantitative estimate of drug-likeness (QED) is 0.154. The van der Waals surface area contributed by atoms with Gasteiger partial charge in [-0.3, -0.25) is 10.1 Å². The zero-order chi connectivity index (χ0) is 26.4. The zero-order valence-corrected chi connectivity index (χ0v) is 21.3. The molecule has 8 nitrogen and oxygen atoms in total. The summed E-state index contributed by atoms with van der Waals surface area (Å²) < 4.78 is 5.85. The van der Waals surface area contributed by atoms with E-state index in [2.05, 4.69) is 48.3 Å². The van der Waals surface area contributed by atoms with Crippen molar-refractivity contribution in [2.24, 2.45) is 0 Å². The lowest BCUT2D eigenvalue weighted by atomic mass is 10.0. The van der Waals surface area contributed by atoms with Crippen LogP contribution in [0.2, 0.25) is 0 Å². The number of aromatic carboxylic acids is 1. The third-order valence-electron chi connectivity index (χ3n) is 6.59. The van der Waals surface area contributed by atoms with Crippen molar-refractivity contribution in [1.29, 1.82) is 0 Å². The van der Waals surface area contributed by atoms with Crippen molar-refractivity contribution < 1.29 is 19.6 Å². The van der Waals surface area contributed by atoms with E-state index in [0.717, 1.165) is 37.6 Å². The van der Waals surface area contributed by atoms with Crippen LogP contribution in [0.1, 0.15) is 61.0 Å². The van der Waals surface area contributed by atoms with E-state index >= 15 is 0 Å². The standard InChI is InChI=1S/C29H33N3O5/c1-3-5-14-31(15-6-4-2)22-9-7-8-20(16-22)10-11-21-12-13-26-25(17-21)30-28-24(29(33)34)18-23(32(35)36)19-27(28)37-26/h7-9,12-13,16-19,30H,3-6,10-11,14-15H2,1-2H3,(H,33,34). The van der Waals surface area contributed by atoms with Crippen molar-refractivity contribution in [3.05, 3.63) is 81.4 Å². The van der Waals surface area contributed by atoms with Crippen molar-refractivity contribution in [1.82, 2.24) is 0 Å². The van der Waals surface area contributed by atoms with E-state index in [0.29, 0.717) is 11.4 Å². The molecule has 1 heterocycles. The van der Waals surface area contributed by atoms with Gasteiger partial charge in [0.2, 0.25) is 0 Å². The number of hydrogen-bond acceptors (Lipinski definition) is 6. The average Bonchev–Trinajstić information content (AvgIpc) is 2.90. The lowest BCUT2D eigenvalue weighted by Crippen LogP contribution is -2.25. The highest BCUT2D eigenvalue weighted by molar-refractivity contribution is 5.99. The van der Waals surface area contributed by atoms with E-state index < -0.39 is 10.9 Å². The van der Waals surface area contributed by atoms with E-state index in [1.807, 2.05) is 18.2 Å². The fourth-order valence-corrected chi connectivity index (χ4v) is 4.52. The summed E-state index contributed by atoms with van der Waals surface area (Å²) in [6, 6.07) is 16.8. The maximum Gasteiger partial charge on any atom is 0.338 e. The van der Waals surface area contributed by atoms with E-state index in [1.54, 1.807) is 0 Å². The van der Waals surface area contributed by atoms with Gasteiger partial charge in [-0.2, -0.15) is 0 Å². The molecule has 0 saturated heterocycles.